The van der Waals surface area contributed by atoms with Crippen molar-refractivity contribution >= 4 is 22.9 Å². The molecule has 2 fully saturated rings. The van der Waals surface area contributed by atoms with Gasteiger partial charge >= 0.3 is 0 Å². The number of nitrogens with zero attached hydrogens (tertiary/aromatic N) is 1. The van der Waals surface area contributed by atoms with Crippen LogP contribution < -0.4 is 0 Å². The van der Waals surface area contributed by atoms with Crippen LogP contribution >= 0.6 is 22.9 Å². The van der Waals surface area contributed by atoms with E-state index in [1.165, 1.54) is 45.2 Å². The van der Waals surface area contributed by atoms with Gasteiger partial charge < -0.3 is 0 Å². The fourth-order valence-electron chi connectivity index (χ4n) is 3.03. The number of halogens is 1. The van der Waals surface area contributed by atoms with Crippen molar-refractivity contribution in [1.29, 1.82) is 0 Å². The molecule has 1 heterocycles. The van der Waals surface area contributed by atoms with Crippen LogP contribution in [-0.2, 0) is 0 Å². The average molecular weight is 279 g/mol. The number of hydrogen-bond acceptors (Lipinski definition) is 1. The summed E-state index contributed by atoms with van der Waals surface area (Å²) < 4.78 is 2.50. The molecule has 2 atom stereocenters. The maximum absolute atomic E-state index is 2.50. The van der Waals surface area contributed by atoms with Gasteiger partial charge in [-0.15, -0.1) is 0 Å². The zero-order chi connectivity index (χ0) is 8.60. The summed E-state index contributed by atoms with van der Waals surface area (Å²) in [4.78, 5) is 0. The van der Waals surface area contributed by atoms with Crippen molar-refractivity contribution in [3.8, 4) is 0 Å². The van der Waals surface area contributed by atoms with Gasteiger partial charge in [-0.1, -0.05) is 13.3 Å². The van der Waals surface area contributed by atoms with E-state index in [0.717, 1.165) is 11.3 Å². The highest BCUT2D eigenvalue weighted by atomic mass is 127. The van der Waals surface area contributed by atoms with Crippen LogP contribution in [0.15, 0.2) is 0 Å². The maximum atomic E-state index is 2.50. The molecule has 12 heavy (non-hydrogen) atoms. The highest BCUT2D eigenvalue weighted by molar-refractivity contribution is 14.1. The highest BCUT2D eigenvalue weighted by Crippen LogP contribution is 2.53. The van der Waals surface area contributed by atoms with E-state index in [4.69, 9.17) is 0 Å². The van der Waals surface area contributed by atoms with Crippen LogP contribution in [0.1, 0.15) is 39.0 Å². The van der Waals surface area contributed by atoms with Gasteiger partial charge in [0.2, 0.25) is 0 Å². The molecule has 2 heteroatoms. The summed E-state index contributed by atoms with van der Waals surface area (Å²) in [6.45, 7) is 5.04. The maximum Gasteiger partial charge on any atom is 0.0201 e. The molecule has 2 aliphatic rings. The van der Waals surface area contributed by atoms with Crippen molar-refractivity contribution in [3.05, 3.63) is 0 Å². The van der Waals surface area contributed by atoms with Crippen LogP contribution in [0.2, 0.25) is 0 Å². The van der Waals surface area contributed by atoms with E-state index in [0.29, 0.717) is 0 Å². The second-order valence-electron chi connectivity index (χ2n) is 4.45. The first-order valence-corrected chi connectivity index (χ1v) is 6.14. The largest absolute Gasteiger partial charge is 0.247 e. The standard InChI is InChI=1S/C10H18IN/c1-2-9-4-6-10(9)5-3-7-12(11)8-10/h9H,2-8H2,1H3/t9-,10+/m1/s1. The molecule has 1 saturated carbocycles. The summed E-state index contributed by atoms with van der Waals surface area (Å²) in [6.07, 6.45) is 7.35. The van der Waals surface area contributed by atoms with Crippen molar-refractivity contribution in [2.75, 3.05) is 13.1 Å². The number of rotatable bonds is 1. The summed E-state index contributed by atoms with van der Waals surface area (Å²) in [5, 5.41) is 0. The van der Waals surface area contributed by atoms with E-state index in [1.807, 2.05) is 0 Å². The summed E-state index contributed by atoms with van der Waals surface area (Å²) in [6, 6.07) is 0. The Balaban J connectivity index is 2.00. The molecule has 1 aliphatic carbocycles. The van der Waals surface area contributed by atoms with E-state index in [-0.39, 0.29) is 0 Å². The van der Waals surface area contributed by atoms with Crippen molar-refractivity contribution in [1.82, 2.24) is 3.11 Å². The zero-order valence-corrected chi connectivity index (χ0v) is 10.0. The lowest BCUT2D eigenvalue weighted by Gasteiger charge is -2.53. The van der Waals surface area contributed by atoms with Gasteiger partial charge in [-0.25, -0.2) is 3.11 Å². The molecule has 1 saturated heterocycles. The van der Waals surface area contributed by atoms with Crippen LogP contribution in [0.5, 0.6) is 0 Å². The summed E-state index contributed by atoms with van der Waals surface area (Å²) in [7, 11) is 0. The minimum absolute atomic E-state index is 0.758. The summed E-state index contributed by atoms with van der Waals surface area (Å²) >= 11 is 2.50. The smallest absolute Gasteiger partial charge is 0.0201 e. The van der Waals surface area contributed by atoms with E-state index in [2.05, 4.69) is 32.9 Å². The van der Waals surface area contributed by atoms with Crippen LogP contribution in [0, 0.1) is 11.3 Å². The molecule has 0 aromatic rings. The first-order chi connectivity index (χ1) is 5.77. The highest BCUT2D eigenvalue weighted by Gasteiger charge is 2.47. The first-order valence-electron chi connectivity index (χ1n) is 5.17. The lowest BCUT2D eigenvalue weighted by Crippen LogP contribution is -2.49. The molecule has 70 valence electrons. The summed E-state index contributed by atoms with van der Waals surface area (Å²) in [5.41, 5.74) is 0.758. The van der Waals surface area contributed by atoms with E-state index >= 15 is 0 Å². The van der Waals surface area contributed by atoms with E-state index in [1.54, 1.807) is 0 Å². The molecule has 0 unspecified atom stereocenters. The quantitative estimate of drug-likeness (QED) is 0.526. The van der Waals surface area contributed by atoms with Crippen LogP contribution in [0.25, 0.3) is 0 Å². The van der Waals surface area contributed by atoms with Gasteiger partial charge in [0.05, 0.1) is 0 Å². The fourth-order valence-corrected chi connectivity index (χ4v) is 4.05. The Hall–Kier alpha value is 0.690. The van der Waals surface area contributed by atoms with Gasteiger partial charge in [-0.05, 0) is 37.0 Å². The third kappa shape index (κ3) is 1.41. The predicted octanol–water partition coefficient (Wildman–Crippen LogP) is 3.24. The van der Waals surface area contributed by atoms with Crippen molar-refractivity contribution in [3.63, 3.8) is 0 Å². The lowest BCUT2D eigenvalue weighted by molar-refractivity contribution is -0.0156. The van der Waals surface area contributed by atoms with Gasteiger partial charge in [-0.3, -0.25) is 0 Å². The lowest BCUT2D eigenvalue weighted by atomic mass is 9.56. The van der Waals surface area contributed by atoms with Gasteiger partial charge in [-0.2, -0.15) is 0 Å². The summed E-state index contributed by atoms with van der Waals surface area (Å²) in [5.74, 6) is 1.05. The normalized spacial score (nSPS) is 43.0. The molecular formula is C10H18IN. The Morgan fingerprint density at radius 1 is 1.50 bits per heavy atom. The molecule has 1 aliphatic heterocycles. The van der Waals surface area contributed by atoms with Gasteiger partial charge in [0, 0.05) is 36.0 Å². The molecule has 0 amide bonds. The second kappa shape index (κ2) is 3.45. The number of piperidine rings is 1. The molecule has 0 aromatic carbocycles. The minimum Gasteiger partial charge on any atom is -0.247 e. The Bertz CT molecular complexity index is 169. The topological polar surface area (TPSA) is 3.24 Å². The van der Waals surface area contributed by atoms with E-state index < -0.39 is 0 Å². The monoisotopic (exact) mass is 279 g/mol. The SMILES string of the molecule is CC[C@@H]1CC[C@]12CCCN(I)C2. The zero-order valence-electron chi connectivity index (χ0n) is 7.85. The Labute approximate surface area is 89.4 Å². The van der Waals surface area contributed by atoms with E-state index in [9.17, 15) is 0 Å². The third-order valence-electron chi connectivity index (χ3n) is 3.91. The van der Waals surface area contributed by atoms with Gasteiger partial charge in [0.1, 0.15) is 0 Å². The Morgan fingerprint density at radius 2 is 2.33 bits per heavy atom. The molecule has 0 bridgehead atoms. The van der Waals surface area contributed by atoms with Crippen LogP contribution in [0.3, 0.4) is 0 Å². The van der Waals surface area contributed by atoms with Crippen molar-refractivity contribution in [2.45, 2.75) is 39.0 Å². The minimum atomic E-state index is 0.758. The second-order valence-corrected chi connectivity index (χ2v) is 5.82. The van der Waals surface area contributed by atoms with Crippen LogP contribution in [0.4, 0.5) is 0 Å². The molecule has 2 rings (SSSR count). The Morgan fingerprint density at radius 3 is 2.83 bits per heavy atom. The first kappa shape index (κ1) is 9.25. The van der Waals surface area contributed by atoms with Crippen LogP contribution in [-0.4, -0.2) is 16.2 Å². The Kier molecular flexibility index (Phi) is 2.66. The molecule has 0 aromatic heterocycles. The van der Waals surface area contributed by atoms with Gasteiger partial charge in [0.25, 0.3) is 0 Å². The molecular weight excluding hydrogens is 261 g/mol. The molecule has 1 nitrogen and oxygen atoms in total. The van der Waals surface area contributed by atoms with Crippen molar-refractivity contribution < 1.29 is 0 Å². The van der Waals surface area contributed by atoms with Gasteiger partial charge in [0.15, 0.2) is 0 Å². The molecule has 1 spiro atoms. The van der Waals surface area contributed by atoms with Crippen molar-refractivity contribution in [2.24, 2.45) is 11.3 Å². The number of hydrogen-bond donors (Lipinski definition) is 0. The fraction of sp³-hybridized carbons (Fsp3) is 1.00. The third-order valence-corrected chi connectivity index (χ3v) is 4.73. The predicted molar refractivity (Wildman–Crippen MR) is 60.3 cm³/mol. The molecule has 0 N–H and O–H groups in total. The average Bonchev–Trinajstić information content (AvgIpc) is 2.03. The molecule has 0 radical (unpaired) electrons.